The van der Waals surface area contributed by atoms with Crippen molar-refractivity contribution in [1.82, 2.24) is 10.2 Å². The number of hydrogen-bond donors (Lipinski definition) is 1. The van der Waals surface area contributed by atoms with Gasteiger partial charge >= 0.3 is 6.03 Å². The number of amides is 2. The summed E-state index contributed by atoms with van der Waals surface area (Å²) in [5.74, 6) is 0.845. The molecule has 0 aromatic heterocycles. The first kappa shape index (κ1) is 15.2. The van der Waals surface area contributed by atoms with Crippen LogP contribution in [0.25, 0.3) is 0 Å². The second-order valence-corrected chi connectivity index (χ2v) is 6.02. The minimum atomic E-state index is 0.0351. The maximum Gasteiger partial charge on any atom is 0.318 e. The fourth-order valence-electron chi connectivity index (χ4n) is 3.30. The van der Waals surface area contributed by atoms with Crippen LogP contribution in [0.2, 0.25) is 0 Å². The maximum atomic E-state index is 12.6. The molecule has 2 aliphatic heterocycles. The molecule has 1 aromatic rings. The van der Waals surface area contributed by atoms with Crippen LogP contribution in [0, 0.1) is 0 Å². The first-order valence-electron chi connectivity index (χ1n) is 8.00. The predicted octanol–water partition coefficient (Wildman–Crippen LogP) is 2.50. The van der Waals surface area contributed by atoms with Crippen LogP contribution in [0.5, 0.6) is 5.75 Å². The fourth-order valence-corrected chi connectivity index (χ4v) is 3.30. The van der Waals surface area contributed by atoms with Gasteiger partial charge in [-0.05, 0) is 49.4 Å². The van der Waals surface area contributed by atoms with Crippen LogP contribution in [0.4, 0.5) is 4.79 Å². The van der Waals surface area contributed by atoms with Crippen molar-refractivity contribution in [2.24, 2.45) is 0 Å². The SMILES string of the molecule is COc1ccc2c(c1)C(C)N(C(=O)NC1CCOCC1)CC2. The average molecular weight is 304 g/mol. The molecule has 1 atom stereocenters. The van der Waals surface area contributed by atoms with Gasteiger partial charge in [0.15, 0.2) is 0 Å². The summed E-state index contributed by atoms with van der Waals surface area (Å²) in [5.41, 5.74) is 2.50. The Labute approximate surface area is 131 Å². The van der Waals surface area contributed by atoms with E-state index in [1.807, 2.05) is 17.0 Å². The number of carbonyl (C=O) groups is 1. The van der Waals surface area contributed by atoms with Crippen molar-refractivity contribution in [3.63, 3.8) is 0 Å². The molecule has 120 valence electrons. The molecule has 5 nitrogen and oxygen atoms in total. The highest BCUT2D eigenvalue weighted by molar-refractivity contribution is 5.75. The lowest BCUT2D eigenvalue weighted by molar-refractivity contribution is 0.0769. The van der Waals surface area contributed by atoms with E-state index in [-0.39, 0.29) is 18.1 Å². The topological polar surface area (TPSA) is 50.8 Å². The second-order valence-electron chi connectivity index (χ2n) is 6.02. The van der Waals surface area contributed by atoms with Crippen molar-refractivity contribution in [1.29, 1.82) is 0 Å². The quantitative estimate of drug-likeness (QED) is 0.913. The fraction of sp³-hybridized carbons (Fsp3) is 0.588. The van der Waals surface area contributed by atoms with Crippen LogP contribution in [0.15, 0.2) is 18.2 Å². The van der Waals surface area contributed by atoms with E-state index in [4.69, 9.17) is 9.47 Å². The van der Waals surface area contributed by atoms with Crippen molar-refractivity contribution in [3.05, 3.63) is 29.3 Å². The van der Waals surface area contributed by atoms with Gasteiger partial charge in [0.25, 0.3) is 0 Å². The van der Waals surface area contributed by atoms with E-state index >= 15 is 0 Å². The Kier molecular flexibility index (Phi) is 4.52. The van der Waals surface area contributed by atoms with Gasteiger partial charge in [-0.1, -0.05) is 6.07 Å². The van der Waals surface area contributed by atoms with E-state index in [2.05, 4.69) is 18.3 Å². The van der Waals surface area contributed by atoms with E-state index in [1.54, 1.807) is 7.11 Å². The summed E-state index contributed by atoms with van der Waals surface area (Å²) >= 11 is 0. The van der Waals surface area contributed by atoms with Gasteiger partial charge in [0.2, 0.25) is 0 Å². The van der Waals surface area contributed by atoms with Gasteiger partial charge in [-0.3, -0.25) is 0 Å². The molecule has 0 saturated carbocycles. The number of rotatable bonds is 2. The lowest BCUT2D eigenvalue weighted by Gasteiger charge is -2.37. The molecule has 1 aromatic carbocycles. The van der Waals surface area contributed by atoms with Gasteiger partial charge in [-0.15, -0.1) is 0 Å². The number of benzene rings is 1. The van der Waals surface area contributed by atoms with Crippen LogP contribution in [0.1, 0.15) is 36.9 Å². The number of ether oxygens (including phenoxy) is 2. The minimum Gasteiger partial charge on any atom is -0.497 e. The van der Waals surface area contributed by atoms with Crippen LogP contribution in [0.3, 0.4) is 0 Å². The Hall–Kier alpha value is -1.75. The standard InChI is InChI=1S/C17H24N2O3/c1-12-16-11-15(21-2)4-3-13(16)5-8-19(12)17(20)18-14-6-9-22-10-7-14/h3-4,11-12,14H,5-10H2,1-2H3,(H,18,20). The highest BCUT2D eigenvalue weighted by Gasteiger charge is 2.29. The number of nitrogens with zero attached hydrogens (tertiary/aromatic N) is 1. The van der Waals surface area contributed by atoms with Gasteiger partial charge in [-0.25, -0.2) is 4.79 Å². The first-order chi connectivity index (χ1) is 10.7. The van der Waals surface area contributed by atoms with Gasteiger partial charge in [0.05, 0.1) is 13.2 Å². The number of methoxy groups -OCH3 is 1. The van der Waals surface area contributed by atoms with Crippen molar-refractivity contribution in [2.75, 3.05) is 26.9 Å². The Bertz CT molecular complexity index is 541. The lowest BCUT2D eigenvalue weighted by Crippen LogP contribution is -2.49. The summed E-state index contributed by atoms with van der Waals surface area (Å²) in [4.78, 5) is 14.5. The van der Waals surface area contributed by atoms with E-state index < -0.39 is 0 Å². The molecule has 1 saturated heterocycles. The van der Waals surface area contributed by atoms with E-state index in [0.717, 1.165) is 44.8 Å². The van der Waals surface area contributed by atoms with Gasteiger partial charge < -0.3 is 19.7 Å². The Balaban J connectivity index is 1.71. The van der Waals surface area contributed by atoms with Gasteiger partial charge in [-0.2, -0.15) is 0 Å². The number of urea groups is 1. The highest BCUT2D eigenvalue weighted by Crippen LogP contribution is 2.32. The molecular formula is C17H24N2O3. The minimum absolute atomic E-state index is 0.0351. The molecule has 3 rings (SSSR count). The molecule has 2 amide bonds. The highest BCUT2D eigenvalue weighted by atomic mass is 16.5. The third kappa shape index (κ3) is 3.04. The summed E-state index contributed by atoms with van der Waals surface area (Å²) < 4.78 is 10.7. The third-order valence-electron chi connectivity index (χ3n) is 4.70. The molecule has 2 heterocycles. The van der Waals surface area contributed by atoms with E-state index in [1.165, 1.54) is 11.1 Å². The van der Waals surface area contributed by atoms with Gasteiger partial charge in [0.1, 0.15) is 5.75 Å². The molecule has 0 bridgehead atoms. The van der Waals surface area contributed by atoms with Crippen molar-refractivity contribution < 1.29 is 14.3 Å². The van der Waals surface area contributed by atoms with Gasteiger partial charge in [0, 0.05) is 25.8 Å². The molecule has 22 heavy (non-hydrogen) atoms. The van der Waals surface area contributed by atoms with Crippen molar-refractivity contribution >= 4 is 6.03 Å². The zero-order valence-corrected chi connectivity index (χ0v) is 13.3. The molecule has 0 radical (unpaired) electrons. The summed E-state index contributed by atoms with van der Waals surface area (Å²) in [6.07, 6.45) is 2.70. The Morgan fingerprint density at radius 3 is 2.86 bits per heavy atom. The van der Waals surface area contributed by atoms with Crippen LogP contribution in [-0.2, 0) is 11.2 Å². The molecule has 0 aliphatic carbocycles. The van der Waals surface area contributed by atoms with E-state index in [9.17, 15) is 4.79 Å². The van der Waals surface area contributed by atoms with Crippen molar-refractivity contribution in [2.45, 2.75) is 38.3 Å². The molecule has 1 fully saturated rings. The third-order valence-corrected chi connectivity index (χ3v) is 4.70. The number of carbonyl (C=O) groups excluding carboxylic acids is 1. The van der Waals surface area contributed by atoms with Crippen LogP contribution >= 0.6 is 0 Å². The van der Waals surface area contributed by atoms with Crippen LogP contribution < -0.4 is 10.1 Å². The second kappa shape index (κ2) is 6.57. The largest absolute Gasteiger partial charge is 0.497 e. The number of nitrogens with one attached hydrogen (secondary N) is 1. The molecule has 5 heteroatoms. The molecule has 1 unspecified atom stereocenters. The molecule has 0 spiro atoms. The lowest BCUT2D eigenvalue weighted by atomic mass is 9.93. The zero-order valence-electron chi connectivity index (χ0n) is 13.3. The number of fused-ring (bicyclic) bond motifs is 1. The van der Waals surface area contributed by atoms with Crippen molar-refractivity contribution in [3.8, 4) is 5.75 Å². The zero-order chi connectivity index (χ0) is 15.5. The molecule has 1 N–H and O–H groups in total. The monoisotopic (exact) mass is 304 g/mol. The smallest absolute Gasteiger partial charge is 0.318 e. The Morgan fingerprint density at radius 2 is 2.14 bits per heavy atom. The normalized spacial score (nSPS) is 22.1. The summed E-state index contributed by atoms with van der Waals surface area (Å²) in [6, 6.07) is 6.49. The van der Waals surface area contributed by atoms with Crippen LogP contribution in [-0.4, -0.2) is 43.8 Å². The maximum absolute atomic E-state index is 12.6. The first-order valence-corrected chi connectivity index (χ1v) is 8.00. The summed E-state index contributed by atoms with van der Waals surface area (Å²) in [7, 11) is 1.67. The molecular weight excluding hydrogens is 280 g/mol. The van der Waals surface area contributed by atoms with E-state index in [0.29, 0.717) is 0 Å². The summed E-state index contributed by atoms with van der Waals surface area (Å²) in [6.45, 7) is 4.32. The predicted molar refractivity (Wildman–Crippen MR) is 84.2 cm³/mol. The summed E-state index contributed by atoms with van der Waals surface area (Å²) in [5, 5.41) is 3.15. The average Bonchev–Trinajstić information content (AvgIpc) is 2.56. The number of hydrogen-bond acceptors (Lipinski definition) is 3. The molecule has 2 aliphatic rings. The Morgan fingerprint density at radius 1 is 1.36 bits per heavy atom.